The second-order valence-electron chi connectivity index (χ2n) is 7.92. The summed E-state index contributed by atoms with van der Waals surface area (Å²) in [4.78, 5) is 27.5. The smallest absolute Gasteiger partial charge is 0.292 e. The first-order valence-electron chi connectivity index (χ1n) is 9.92. The maximum absolute atomic E-state index is 13.0. The summed E-state index contributed by atoms with van der Waals surface area (Å²) < 4.78 is 10.9. The van der Waals surface area contributed by atoms with Crippen molar-refractivity contribution in [2.75, 3.05) is 13.1 Å². The number of hydrogen-bond acceptors (Lipinski definition) is 5. The van der Waals surface area contributed by atoms with Gasteiger partial charge in [-0.1, -0.05) is 31.1 Å². The van der Waals surface area contributed by atoms with E-state index >= 15 is 0 Å². The summed E-state index contributed by atoms with van der Waals surface area (Å²) in [6, 6.07) is 8.98. The number of piperidine rings is 1. The molecule has 0 bridgehead atoms. The number of aromatic nitrogens is 1. The molecule has 2 aromatic rings. The van der Waals surface area contributed by atoms with Crippen LogP contribution in [-0.2, 0) is 0 Å². The number of Topliss-reactive ketones (excluding diaryl/α,β-unsaturated/α-hetero) is 1. The lowest BCUT2D eigenvalue weighted by molar-refractivity contribution is 0.0602. The standard InChI is InChI=1S/C22H28N2O4/c1-14(2)19-12-20(28-23-19)22(26)24-10-6-8-17(13-24)21(25)16-7-5-9-18(11-16)27-15(3)4/h5,7,9,11-12,14-15,17H,6,8,10,13H2,1-4H3/t17-/m0/s1. The Morgan fingerprint density at radius 1 is 1.21 bits per heavy atom. The third kappa shape index (κ3) is 4.61. The molecule has 6 heteroatoms. The number of benzene rings is 1. The summed E-state index contributed by atoms with van der Waals surface area (Å²) in [5.74, 6) is 0.748. The van der Waals surface area contributed by atoms with Crippen LogP contribution in [0.2, 0.25) is 0 Å². The fourth-order valence-electron chi connectivity index (χ4n) is 3.42. The number of carbonyl (C=O) groups excluding carboxylic acids is 2. The Hall–Kier alpha value is -2.63. The quantitative estimate of drug-likeness (QED) is 0.694. The van der Waals surface area contributed by atoms with E-state index in [1.807, 2.05) is 45.9 Å². The van der Waals surface area contributed by atoms with Crippen molar-refractivity contribution < 1.29 is 18.8 Å². The Labute approximate surface area is 165 Å². The van der Waals surface area contributed by atoms with Crippen molar-refractivity contribution in [1.29, 1.82) is 0 Å². The van der Waals surface area contributed by atoms with Gasteiger partial charge in [-0.25, -0.2) is 0 Å². The van der Waals surface area contributed by atoms with Crippen LogP contribution < -0.4 is 4.74 Å². The van der Waals surface area contributed by atoms with Crippen LogP contribution in [0.4, 0.5) is 0 Å². The Morgan fingerprint density at radius 2 is 2.00 bits per heavy atom. The first-order chi connectivity index (χ1) is 13.3. The van der Waals surface area contributed by atoms with Gasteiger partial charge in [0.2, 0.25) is 5.76 Å². The summed E-state index contributed by atoms with van der Waals surface area (Å²) in [7, 11) is 0. The molecule has 1 fully saturated rings. The van der Waals surface area contributed by atoms with Crippen LogP contribution in [0.25, 0.3) is 0 Å². The highest BCUT2D eigenvalue weighted by Crippen LogP contribution is 2.25. The molecule has 1 amide bonds. The molecule has 1 aromatic carbocycles. The molecule has 1 aliphatic heterocycles. The minimum Gasteiger partial charge on any atom is -0.491 e. The third-order valence-electron chi connectivity index (χ3n) is 4.90. The molecule has 3 rings (SSSR count). The lowest BCUT2D eigenvalue weighted by atomic mass is 9.89. The number of amides is 1. The average Bonchev–Trinajstić information content (AvgIpc) is 3.17. The summed E-state index contributed by atoms with van der Waals surface area (Å²) in [6.07, 6.45) is 1.60. The summed E-state index contributed by atoms with van der Waals surface area (Å²) in [6.45, 7) is 8.92. The molecular weight excluding hydrogens is 356 g/mol. The number of likely N-dealkylation sites (tertiary alicyclic amines) is 1. The predicted molar refractivity (Wildman–Crippen MR) is 106 cm³/mol. The van der Waals surface area contributed by atoms with Crippen LogP contribution in [0.3, 0.4) is 0 Å². The minimum atomic E-state index is -0.223. The van der Waals surface area contributed by atoms with Gasteiger partial charge in [0, 0.05) is 30.6 Å². The van der Waals surface area contributed by atoms with Gasteiger partial charge in [-0.15, -0.1) is 0 Å². The molecular formula is C22H28N2O4. The van der Waals surface area contributed by atoms with Crippen molar-refractivity contribution in [2.45, 2.75) is 52.6 Å². The molecule has 1 aromatic heterocycles. The van der Waals surface area contributed by atoms with E-state index in [0.29, 0.717) is 24.4 Å². The maximum atomic E-state index is 13.0. The van der Waals surface area contributed by atoms with Crippen molar-refractivity contribution >= 4 is 11.7 Å². The lowest BCUT2D eigenvalue weighted by Gasteiger charge is -2.31. The van der Waals surface area contributed by atoms with E-state index in [1.165, 1.54) is 0 Å². The monoisotopic (exact) mass is 384 g/mol. The fraction of sp³-hybridized carbons (Fsp3) is 0.500. The number of ether oxygens (including phenoxy) is 1. The molecule has 0 aliphatic carbocycles. The van der Waals surface area contributed by atoms with E-state index < -0.39 is 0 Å². The van der Waals surface area contributed by atoms with Gasteiger partial charge in [0.15, 0.2) is 5.78 Å². The van der Waals surface area contributed by atoms with E-state index in [4.69, 9.17) is 9.26 Å². The van der Waals surface area contributed by atoms with E-state index in [1.54, 1.807) is 17.0 Å². The molecule has 1 atom stereocenters. The molecule has 1 saturated heterocycles. The van der Waals surface area contributed by atoms with Gasteiger partial charge in [0.05, 0.1) is 11.8 Å². The molecule has 2 heterocycles. The predicted octanol–water partition coefficient (Wildman–Crippen LogP) is 4.32. The molecule has 0 spiro atoms. The van der Waals surface area contributed by atoms with Gasteiger partial charge in [0.1, 0.15) is 5.75 Å². The highest BCUT2D eigenvalue weighted by Gasteiger charge is 2.31. The van der Waals surface area contributed by atoms with Crippen LogP contribution >= 0.6 is 0 Å². The molecule has 0 unspecified atom stereocenters. The summed E-state index contributed by atoms with van der Waals surface area (Å²) in [5, 5.41) is 3.96. The van der Waals surface area contributed by atoms with Crippen molar-refractivity contribution in [1.82, 2.24) is 10.1 Å². The molecule has 6 nitrogen and oxygen atoms in total. The van der Waals surface area contributed by atoms with Gasteiger partial charge >= 0.3 is 0 Å². The maximum Gasteiger partial charge on any atom is 0.292 e. The molecule has 0 saturated carbocycles. The number of hydrogen-bond donors (Lipinski definition) is 0. The number of rotatable bonds is 6. The normalized spacial score (nSPS) is 17.2. The van der Waals surface area contributed by atoms with E-state index in [0.717, 1.165) is 18.5 Å². The number of ketones is 1. The third-order valence-corrected chi connectivity index (χ3v) is 4.90. The summed E-state index contributed by atoms with van der Waals surface area (Å²) >= 11 is 0. The highest BCUT2D eigenvalue weighted by atomic mass is 16.5. The first kappa shape index (κ1) is 20.1. The van der Waals surface area contributed by atoms with E-state index in [-0.39, 0.29) is 35.4 Å². The SMILES string of the molecule is CC(C)Oc1cccc(C(=O)[C@H]2CCCN(C(=O)c3cc(C(C)C)no3)C2)c1. The van der Waals surface area contributed by atoms with Crippen LogP contribution in [-0.4, -0.2) is 40.9 Å². The Kier molecular flexibility index (Phi) is 6.17. The van der Waals surface area contributed by atoms with Gasteiger partial charge < -0.3 is 14.2 Å². The molecule has 0 N–H and O–H groups in total. The van der Waals surface area contributed by atoms with Crippen molar-refractivity contribution in [3.05, 3.63) is 47.3 Å². The largest absolute Gasteiger partial charge is 0.491 e. The van der Waals surface area contributed by atoms with Crippen molar-refractivity contribution in [3.8, 4) is 5.75 Å². The van der Waals surface area contributed by atoms with Crippen molar-refractivity contribution in [3.63, 3.8) is 0 Å². The lowest BCUT2D eigenvalue weighted by Crippen LogP contribution is -2.42. The second-order valence-corrected chi connectivity index (χ2v) is 7.92. The van der Waals surface area contributed by atoms with E-state index in [2.05, 4.69) is 5.16 Å². The Morgan fingerprint density at radius 3 is 2.68 bits per heavy atom. The van der Waals surface area contributed by atoms with Gasteiger partial charge in [-0.3, -0.25) is 9.59 Å². The van der Waals surface area contributed by atoms with Crippen molar-refractivity contribution in [2.24, 2.45) is 5.92 Å². The van der Waals surface area contributed by atoms with Crippen LogP contribution in [0.5, 0.6) is 5.75 Å². The molecule has 150 valence electrons. The topological polar surface area (TPSA) is 72.6 Å². The summed E-state index contributed by atoms with van der Waals surface area (Å²) in [5.41, 5.74) is 1.38. The van der Waals surface area contributed by atoms with Gasteiger partial charge in [-0.05, 0) is 44.7 Å². The average molecular weight is 384 g/mol. The Bertz CT molecular complexity index is 841. The van der Waals surface area contributed by atoms with E-state index in [9.17, 15) is 9.59 Å². The van der Waals surface area contributed by atoms with Crippen LogP contribution in [0, 0.1) is 5.92 Å². The Balaban J connectivity index is 1.70. The van der Waals surface area contributed by atoms with Crippen LogP contribution in [0.1, 0.15) is 73.1 Å². The van der Waals surface area contributed by atoms with Crippen LogP contribution in [0.15, 0.2) is 34.9 Å². The second kappa shape index (κ2) is 8.59. The highest BCUT2D eigenvalue weighted by molar-refractivity contribution is 5.99. The first-order valence-corrected chi connectivity index (χ1v) is 9.92. The van der Waals surface area contributed by atoms with Gasteiger partial charge in [0.25, 0.3) is 5.91 Å². The zero-order valence-corrected chi connectivity index (χ0v) is 17.0. The molecule has 1 aliphatic rings. The molecule has 28 heavy (non-hydrogen) atoms. The molecule has 0 radical (unpaired) electrons. The number of carbonyl (C=O) groups is 2. The fourth-order valence-corrected chi connectivity index (χ4v) is 3.42. The zero-order chi connectivity index (χ0) is 20.3. The number of nitrogens with zero attached hydrogens (tertiary/aromatic N) is 2. The van der Waals surface area contributed by atoms with Gasteiger partial charge in [-0.2, -0.15) is 0 Å². The minimum absolute atomic E-state index is 0.0470. The zero-order valence-electron chi connectivity index (χ0n) is 17.0.